The van der Waals surface area contributed by atoms with Crippen LogP contribution in [0.25, 0.3) is 6.08 Å². The maximum atomic E-state index is 13.9. The molecule has 1 heterocycles. The number of halogens is 4. The van der Waals surface area contributed by atoms with Gasteiger partial charge in [-0.3, -0.25) is 0 Å². The van der Waals surface area contributed by atoms with Gasteiger partial charge < -0.3 is 0 Å². The van der Waals surface area contributed by atoms with Crippen LogP contribution in [-0.4, -0.2) is 5.51 Å². The first-order valence-electron chi connectivity index (χ1n) is 6.47. The molecule has 1 atom stereocenters. The lowest BCUT2D eigenvalue weighted by atomic mass is 9.85. The highest BCUT2D eigenvalue weighted by Crippen LogP contribution is 2.79. The number of fused-ring (bicyclic) bond motifs is 1. The topological polar surface area (TPSA) is 78.4 Å². The molecule has 9 heteroatoms. The molecule has 0 amide bonds. The van der Waals surface area contributed by atoms with E-state index in [2.05, 4.69) is 3.74 Å². The van der Waals surface area contributed by atoms with Crippen LogP contribution in [0.5, 0.6) is 0 Å². The van der Waals surface area contributed by atoms with E-state index in [1.54, 1.807) is 6.07 Å². The Hall–Kier alpha value is -0.770. The predicted molar refractivity (Wildman–Crippen MR) is 64.8 cm³/mol. The molecule has 2 aliphatic rings. The maximum absolute atomic E-state index is 13.9. The molecule has 1 aliphatic heterocycles. The summed E-state index contributed by atoms with van der Waals surface area (Å²) in [6, 6.07) is 5.58. The van der Waals surface area contributed by atoms with Crippen molar-refractivity contribution in [2.24, 2.45) is 5.92 Å². The van der Waals surface area contributed by atoms with Crippen LogP contribution in [0, 0.1) is 16.2 Å². The molecule has 1 saturated carbocycles. The number of allylic oxidation sites excluding steroid dienone is 1. The summed E-state index contributed by atoms with van der Waals surface area (Å²) in [6.07, 6.45) is 3.17. The number of hydrogen-bond acceptors (Lipinski definition) is 4. The molecule has 0 spiro atoms. The zero-order valence-corrected chi connectivity index (χ0v) is 12.7. The average Bonchev–Trinajstić information content (AvgIpc) is 2.61. The highest BCUT2D eigenvalue weighted by Gasteiger charge is 2.68. The normalized spacial score (nSPS) is 28.5. The lowest BCUT2D eigenvalue weighted by Gasteiger charge is -2.39. The van der Waals surface area contributed by atoms with Crippen LogP contribution >= 0.6 is 10.3 Å². The smallest absolute Gasteiger partial charge is 0.182 e. The second kappa shape index (κ2) is 5.12. The van der Waals surface area contributed by atoms with Crippen LogP contribution in [0.15, 0.2) is 34.1 Å². The quantitative estimate of drug-likeness (QED) is 0.819. The molecule has 0 bridgehead atoms. The van der Waals surface area contributed by atoms with Crippen molar-refractivity contribution in [3.8, 4) is 0 Å². The summed E-state index contributed by atoms with van der Waals surface area (Å²) in [4.78, 5) is -0.379. The Bertz CT molecular complexity index is 624. The van der Waals surface area contributed by atoms with Gasteiger partial charge in [-0.2, -0.15) is 27.1 Å². The molecular weight excluding hydrogens is 345 g/mol. The first-order valence-corrected chi connectivity index (χ1v) is 9.27. The summed E-state index contributed by atoms with van der Waals surface area (Å²) in [6.45, 7) is 0. The molecule has 1 aromatic rings. The number of hydrogen-bond donors (Lipinski definition) is 0. The molecule has 4 nitrogen and oxygen atoms in total. The van der Waals surface area contributed by atoms with Gasteiger partial charge in [0, 0.05) is 9.80 Å². The highest BCUT2D eigenvalue weighted by atomic mass is 35.7. The summed E-state index contributed by atoms with van der Waals surface area (Å²) in [5, 5.41) is 0. The third-order valence-corrected chi connectivity index (χ3v) is 7.99. The van der Waals surface area contributed by atoms with Crippen molar-refractivity contribution in [3.63, 3.8) is 0 Å². The van der Waals surface area contributed by atoms with Crippen LogP contribution in [0.4, 0.5) is 13.2 Å². The van der Waals surface area contributed by atoms with E-state index in [1.165, 1.54) is 24.3 Å². The van der Waals surface area contributed by atoms with E-state index in [0.29, 0.717) is 12.8 Å². The van der Waals surface area contributed by atoms with Gasteiger partial charge in [0.1, 0.15) is 3.74 Å². The van der Waals surface area contributed by atoms with Gasteiger partial charge in [0.2, 0.25) is 0 Å². The average molecular weight is 357 g/mol. The van der Waals surface area contributed by atoms with Crippen LogP contribution in [0.1, 0.15) is 24.8 Å². The van der Waals surface area contributed by atoms with Gasteiger partial charge in [0.25, 0.3) is 0 Å². The minimum atomic E-state index is -5.21. The largest absolute Gasteiger partial charge is 0.468 e. The Morgan fingerprint density at radius 3 is 2.27 bits per heavy atom. The minimum absolute atomic E-state index is 0.112. The van der Waals surface area contributed by atoms with Gasteiger partial charge in [-0.1, -0.05) is 24.6 Å². The van der Waals surface area contributed by atoms with E-state index < -0.39 is 32.0 Å². The number of rotatable bonds is 3. The summed E-state index contributed by atoms with van der Waals surface area (Å²) < 4.78 is 78.8. The first-order chi connectivity index (χ1) is 10.2. The van der Waals surface area contributed by atoms with Crippen LogP contribution in [-0.2, 0) is 3.74 Å². The summed E-state index contributed by atoms with van der Waals surface area (Å²) in [7, 11) is -9.56. The second-order valence-electron chi connectivity index (χ2n) is 5.16. The third-order valence-electron chi connectivity index (χ3n) is 3.86. The van der Waals surface area contributed by atoms with Crippen molar-refractivity contribution < 1.29 is 41.1 Å². The van der Waals surface area contributed by atoms with Crippen LogP contribution in [0.2, 0.25) is 0 Å². The molecular formula is C13H12ClF3O4S. The van der Waals surface area contributed by atoms with E-state index in [1.807, 2.05) is 0 Å². The zero-order valence-electron chi connectivity index (χ0n) is 11.1. The Kier molecular flexibility index (Phi) is 3.75. The van der Waals surface area contributed by atoms with Crippen molar-refractivity contribution in [3.05, 3.63) is 34.7 Å². The predicted octanol–water partition coefficient (Wildman–Crippen LogP) is 1.35. The van der Waals surface area contributed by atoms with E-state index in [4.69, 9.17) is 0 Å². The van der Waals surface area contributed by atoms with Crippen molar-refractivity contribution >= 4 is 16.4 Å². The van der Waals surface area contributed by atoms with E-state index >= 15 is 0 Å². The standard InChI is InChI=1S/C13H12ClF3O4S/c15-13(16,17)22(21-14(18,19)20)11-7-2-1-4-10(11)8-12(22)9-5-3-6-9/h1-2,4,7-9H,3,5-6H2. The van der Waals surface area contributed by atoms with E-state index in [-0.39, 0.29) is 15.4 Å². The number of alkyl halides is 3. The molecule has 0 N–H and O–H groups in total. The molecule has 122 valence electrons. The van der Waals surface area contributed by atoms with Crippen molar-refractivity contribution in [2.45, 2.75) is 29.7 Å². The molecule has 0 saturated heterocycles. The molecule has 3 rings (SSSR count). The van der Waals surface area contributed by atoms with Crippen molar-refractivity contribution in [1.82, 2.24) is 0 Å². The lowest BCUT2D eigenvalue weighted by molar-refractivity contribution is -1.91. The Morgan fingerprint density at radius 2 is 1.77 bits per heavy atom. The van der Waals surface area contributed by atoms with Crippen molar-refractivity contribution in [1.29, 1.82) is 0 Å². The second-order valence-corrected chi connectivity index (χ2v) is 8.90. The van der Waals surface area contributed by atoms with E-state index in [0.717, 1.165) is 6.42 Å². The van der Waals surface area contributed by atoms with Gasteiger partial charge in [0.15, 0.2) is 10.3 Å². The fraction of sp³-hybridized carbons (Fsp3) is 0.385. The first kappa shape index (κ1) is 16.1. The monoisotopic (exact) mass is 356 g/mol. The molecule has 1 aromatic carbocycles. The summed E-state index contributed by atoms with van der Waals surface area (Å²) in [5.74, 6) is -0.402. The molecule has 0 aromatic heterocycles. The Labute approximate surface area is 128 Å². The fourth-order valence-corrected chi connectivity index (χ4v) is 7.02. The third kappa shape index (κ3) is 2.44. The Balaban J connectivity index is 2.21. The minimum Gasteiger partial charge on any atom is -0.182 e. The van der Waals surface area contributed by atoms with Crippen molar-refractivity contribution in [2.75, 3.05) is 0 Å². The molecule has 1 fully saturated rings. The summed E-state index contributed by atoms with van der Waals surface area (Å²) in [5.41, 5.74) is -4.72. The van der Waals surface area contributed by atoms with Crippen LogP contribution in [0.3, 0.4) is 0 Å². The molecule has 1 aliphatic carbocycles. The van der Waals surface area contributed by atoms with Gasteiger partial charge in [-0.15, -0.1) is 0 Å². The van der Waals surface area contributed by atoms with E-state index in [9.17, 15) is 27.1 Å². The fourth-order valence-electron chi connectivity index (χ4n) is 2.75. The lowest BCUT2D eigenvalue weighted by Crippen LogP contribution is -2.61. The van der Waals surface area contributed by atoms with Gasteiger partial charge >= 0.3 is 5.51 Å². The van der Waals surface area contributed by atoms with Gasteiger partial charge in [-0.05, 0) is 36.5 Å². The van der Waals surface area contributed by atoms with Gasteiger partial charge in [-0.25, -0.2) is 0 Å². The maximum Gasteiger partial charge on any atom is 0.468 e. The Morgan fingerprint density at radius 1 is 1.14 bits per heavy atom. The van der Waals surface area contributed by atoms with Gasteiger partial charge in [0.05, 0.1) is 10.2 Å². The molecule has 22 heavy (non-hydrogen) atoms. The highest BCUT2D eigenvalue weighted by molar-refractivity contribution is 8.34. The molecule has 0 radical (unpaired) electrons. The van der Waals surface area contributed by atoms with Crippen LogP contribution < -0.4 is 14.0 Å². The molecule has 1 unspecified atom stereocenters. The SMILES string of the molecule is [O-][Cl+3]([O-])([O-])OS1(C(F)(F)F)C(C2CCC2)=Cc2ccccc21. The number of benzene rings is 1. The summed E-state index contributed by atoms with van der Waals surface area (Å²) >= 11 is 0. The zero-order chi connectivity index (χ0) is 16.2.